The maximum absolute atomic E-state index is 9.19. The van der Waals surface area contributed by atoms with Crippen molar-refractivity contribution < 1.29 is 5.11 Å². The molecule has 0 aromatic rings. The van der Waals surface area contributed by atoms with Crippen LogP contribution in [0.25, 0.3) is 0 Å². The first-order chi connectivity index (χ1) is 8.88. The lowest BCUT2D eigenvalue weighted by atomic mass is 9.87. The number of aliphatic hydroxyl groups is 1. The van der Waals surface area contributed by atoms with E-state index in [1.807, 2.05) is 0 Å². The van der Waals surface area contributed by atoms with Gasteiger partial charge in [0.05, 0.1) is 6.61 Å². The summed E-state index contributed by atoms with van der Waals surface area (Å²) in [5.74, 6) is 0.955. The monoisotopic (exact) mass is 254 g/mol. The largest absolute Gasteiger partial charge is 0.395 e. The first-order valence-electron chi connectivity index (χ1n) is 7.95. The van der Waals surface area contributed by atoms with Crippen molar-refractivity contribution in [3.05, 3.63) is 0 Å². The molecule has 3 nitrogen and oxygen atoms in total. The van der Waals surface area contributed by atoms with E-state index in [0.29, 0.717) is 12.6 Å². The van der Waals surface area contributed by atoms with Crippen LogP contribution in [-0.2, 0) is 0 Å². The van der Waals surface area contributed by atoms with Crippen LogP contribution in [0.1, 0.15) is 51.4 Å². The Morgan fingerprint density at radius 1 is 1.00 bits per heavy atom. The molecule has 18 heavy (non-hydrogen) atoms. The van der Waals surface area contributed by atoms with Gasteiger partial charge in [-0.1, -0.05) is 32.1 Å². The van der Waals surface area contributed by atoms with E-state index in [1.165, 1.54) is 64.5 Å². The topological polar surface area (TPSA) is 35.5 Å². The molecule has 1 unspecified atom stereocenters. The second-order valence-electron chi connectivity index (χ2n) is 6.11. The molecule has 0 amide bonds. The Bertz CT molecular complexity index is 211. The highest BCUT2D eigenvalue weighted by atomic mass is 16.3. The van der Waals surface area contributed by atoms with Gasteiger partial charge in [0.1, 0.15) is 0 Å². The summed E-state index contributed by atoms with van der Waals surface area (Å²) in [6.45, 7) is 4.65. The number of hydrogen-bond acceptors (Lipinski definition) is 3. The molecule has 1 aliphatic heterocycles. The Kier molecular flexibility index (Phi) is 6.46. The minimum absolute atomic E-state index is 0.303. The molecule has 2 rings (SSSR count). The van der Waals surface area contributed by atoms with Gasteiger partial charge < -0.3 is 10.4 Å². The smallest absolute Gasteiger partial charge is 0.0558 e. The molecule has 0 aromatic carbocycles. The maximum atomic E-state index is 9.19. The van der Waals surface area contributed by atoms with Crippen molar-refractivity contribution in [2.24, 2.45) is 5.92 Å². The van der Waals surface area contributed by atoms with Crippen LogP contribution in [0, 0.1) is 5.92 Å². The quantitative estimate of drug-likeness (QED) is 0.729. The lowest BCUT2D eigenvalue weighted by molar-refractivity contribution is 0.170. The molecule has 1 atom stereocenters. The second kappa shape index (κ2) is 8.13. The van der Waals surface area contributed by atoms with Crippen LogP contribution in [0.5, 0.6) is 0 Å². The SMILES string of the molecule is OCCN(CCC1CCCCC1)CC1CCCN1. The number of rotatable bonds is 7. The van der Waals surface area contributed by atoms with Crippen LogP contribution < -0.4 is 5.32 Å². The van der Waals surface area contributed by atoms with Crippen molar-refractivity contribution in [2.75, 3.05) is 32.8 Å². The Morgan fingerprint density at radius 2 is 1.83 bits per heavy atom. The van der Waals surface area contributed by atoms with E-state index >= 15 is 0 Å². The third-order valence-corrected chi connectivity index (χ3v) is 4.64. The zero-order valence-corrected chi connectivity index (χ0v) is 11.7. The molecule has 1 heterocycles. The molecule has 1 saturated heterocycles. The molecule has 1 saturated carbocycles. The van der Waals surface area contributed by atoms with Gasteiger partial charge in [-0.15, -0.1) is 0 Å². The van der Waals surface area contributed by atoms with Crippen molar-refractivity contribution in [3.63, 3.8) is 0 Å². The number of aliphatic hydroxyl groups excluding tert-OH is 1. The predicted octanol–water partition coefficient (Wildman–Crippen LogP) is 2.00. The van der Waals surface area contributed by atoms with Gasteiger partial charge in [0.2, 0.25) is 0 Å². The van der Waals surface area contributed by atoms with Gasteiger partial charge in [-0.25, -0.2) is 0 Å². The Balaban J connectivity index is 1.67. The molecule has 0 bridgehead atoms. The van der Waals surface area contributed by atoms with Crippen molar-refractivity contribution in [3.8, 4) is 0 Å². The highest BCUT2D eigenvalue weighted by Crippen LogP contribution is 2.26. The maximum Gasteiger partial charge on any atom is 0.0558 e. The van der Waals surface area contributed by atoms with E-state index in [4.69, 9.17) is 0 Å². The van der Waals surface area contributed by atoms with Crippen LogP contribution in [0.4, 0.5) is 0 Å². The number of hydrogen-bond donors (Lipinski definition) is 2. The summed E-state index contributed by atoms with van der Waals surface area (Å²) in [7, 11) is 0. The normalized spacial score (nSPS) is 26.0. The average Bonchev–Trinajstić information content (AvgIpc) is 2.90. The van der Waals surface area contributed by atoms with Crippen molar-refractivity contribution in [1.82, 2.24) is 10.2 Å². The number of nitrogens with zero attached hydrogens (tertiary/aromatic N) is 1. The summed E-state index contributed by atoms with van der Waals surface area (Å²) in [6, 6.07) is 0.669. The third kappa shape index (κ3) is 4.87. The molecule has 2 aliphatic rings. The van der Waals surface area contributed by atoms with Gasteiger partial charge in [-0.3, -0.25) is 4.90 Å². The molecule has 2 fully saturated rings. The molecule has 106 valence electrons. The van der Waals surface area contributed by atoms with Crippen LogP contribution in [-0.4, -0.2) is 48.8 Å². The lowest BCUT2D eigenvalue weighted by Gasteiger charge is -2.28. The fourth-order valence-corrected chi connectivity index (χ4v) is 3.50. The molecule has 3 heteroatoms. The van der Waals surface area contributed by atoms with Gasteiger partial charge in [-0.2, -0.15) is 0 Å². The highest BCUT2D eigenvalue weighted by Gasteiger charge is 2.19. The van der Waals surface area contributed by atoms with E-state index in [9.17, 15) is 5.11 Å². The van der Waals surface area contributed by atoms with Crippen molar-refractivity contribution >= 4 is 0 Å². The van der Waals surface area contributed by atoms with E-state index in [1.54, 1.807) is 0 Å². The van der Waals surface area contributed by atoms with E-state index in [0.717, 1.165) is 19.0 Å². The fourth-order valence-electron chi connectivity index (χ4n) is 3.50. The van der Waals surface area contributed by atoms with Crippen LogP contribution in [0.3, 0.4) is 0 Å². The zero-order valence-electron chi connectivity index (χ0n) is 11.7. The fraction of sp³-hybridized carbons (Fsp3) is 1.00. The standard InChI is InChI=1S/C15H30N2O/c18-12-11-17(13-15-7-4-9-16-15)10-8-14-5-2-1-3-6-14/h14-16,18H,1-13H2. The molecule has 0 spiro atoms. The van der Waals surface area contributed by atoms with Crippen LogP contribution >= 0.6 is 0 Å². The molecule has 2 N–H and O–H groups in total. The Hall–Kier alpha value is -0.120. The summed E-state index contributed by atoms with van der Waals surface area (Å²) in [5.41, 5.74) is 0. The molecular formula is C15H30N2O. The highest BCUT2D eigenvalue weighted by molar-refractivity contribution is 4.78. The molecular weight excluding hydrogens is 224 g/mol. The van der Waals surface area contributed by atoms with E-state index in [2.05, 4.69) is 10.2 Å². The van der Waals surface area contributed by atoms with E-state index < -0.39 is 0 Å². The van der Waals surface area contributed by atoms with Crippen molar-refractivity contribution in [1.29, 1.82) is 0 Å². The van der Waals surface area contributed by atoms with Crippen molar-refractivity contribution in [2.45, 2.75) is 57.4 Å². The van der Waals surface area contributed by atoms with Gasteiger partial charge in [0.15, 0.2) is 0 Å². The summed E-state index contributed by atoms with van der Waals surface area (Å²) < 4.78 is 0. The van der Waals surface area contributed by atoms with Gasteiger partial charge in [0.25, 0.3) is 0 Å². The molecule has 0 radical (unpaired) electrons. The summed E-state index contributed by atoms with van der Waals surface area (Å²) in [5, 5.41) is 12.7. The first kappa shape index (κ1) is 14.3. The molecule has 0 aromatic heterocycles. The van der Waals surface area contributed by atoms with Gasteiger partial charge >= 0.3 is 0 Å². The summed E-state index contributed by atoms with van der Waals surface area (Å²) >= 11 is 0. The van der Waals surface area contributed by atoms with Gasteiger partial charge in [0, 0.05) is 19.1 Å². The average molecular weight is 254 g/mol. The zero-order chi connectivity index (χ0) is 12.6. The third-order valence-electron chi connectivity index (χ3n) is 4.64. The van der Waals surface area contributed by atoms with Crippen LogP contribution in [0.15, 0.2) is 0 Å². The number of nitrogens with one attached hydrogen (secondary N) is 1. The van der Waals surface area contributed by atoms with Crippen LogP contribution in [0.2, 0.25) is 0 Å². The summed E-state index contributed by atoms with van der Waals surface area (Å²) in [6.07, 6.45) is 11.2. The second-order valence-corrected chi connectivity index (χ2v) is 6.11. The Labute approximate surface area is 112 Å². The molecule has 1 aliphatic carbocycles. The lowest BCUT2D eigenvalue weighted by Crippen LogP contribution is -2.40. The van der Waals surface area contributed by atoms with Gasteiger partial charge in [-0.05, 0) is 38.3 Å². The summed E-state index contributed by atoms with van der Waals surface area (Å²) in [4.78, 5) is 2.47. The predicted molar refractivity (Wildman–Crippen MR) is 75.7 cm³/mol. The Morgan fingerprint density at radius 3 is 2.50 bits per heavy atom. The minimum atomic E-state index is 0.303. The minimum Gasteiger partial charge on any atom is -0.395 e. The van der Waals surface area contributed by atoms with E-state index in [-0.39, 0.29) is 0 Å². The first-order valence-corrected chi connectivity index (χ1v) is 7.95.